The van der Waals surface area contributed by atoms with E-state index in [4.69, 9.17) is 16.3 Å². The standard InChI is InChI=1S/C27H30ClN3O5S/c1-4-29-27(33)20(2)30(18-21-10-8-9-13-25(21)28)26(32)19-31(37(3,34)35)22-14-16-24(17-15-22)36-23-11-6-5-7-12-23/h5-17,20H,4,18-19H2,1-3H3,(H,29,33)/t20-/m1/s1. The molecule has 0 aliphatic heterocycles. The molecule has 37 heavy (non-hydrogen) atoms. The Morgan fingerprint density at radius 2 is 1.54 bits per heavy atom. The molecule has 0 heterocycles. The van der Waals surface area contributed by atoms with E-state index in [0.717, 1.165) is 10.6 Å². The fourth-order valence-corrected chi connectivity index (χ4v) is 4.68. The van der Waals surface area contributed by atoms with Crippen molar-refractivity contribution in [1.82, 2.24) is 10.2 Å². The minimum Gasteiger partial charge on any atom is -0.457 e. The average Bonchev–Trinajstić information content (AvgIpc) is 2.87. The molecular formula is C27H30ClN3O5S. The van der Waals surface area contributed by atoms with Crippen LogP contribution in [0.4, 0.5) is 5.69 Å². The molecule has 0 bridgehead atoms. The lowest BCUT2D eigenvalue weighted by Crippen LogP contribution is -2.51. The van der Waals surface area contributed by atoms with E-state index in [0.29, 0.717) is 34.3 Å². The van der Waals surface area contributed by atoms with E-state index >= 15 is 0 Å². The maximum atomic E-state index is 13.5. The van der Waals surface area contributed by atoms with Crippen LogP contribution in [-0.4, -0.2) is 50.5 Å². The molecule has 3 rings (SSSR count). The first-order chi connectivity index (χ1) is 17.6. The molecular weight excluding hydrogens is 514 g/mol. The zero-order valence-corrected chi connectivity index (χ0v) is 22.5. The van der Waals surface area contributed by atoms with Crippen LogP contribution >= 0.6 is 11.6 Å². The van der Waals surface area contributed by atoms with Gasteiger partial charge in [0.25, 0.3) is 0 Å². The number of nitrogens with one attached hydrogen (secondary N) is 1. The first kappa shape index (κ1) is 28.0. The Hall–Kier alpha value is -3.56. The van der Waals surface area contributed by atoms with Gasteiger partial charge in [0, 0.05) is 18.1 Å². The molecule has 0 fully saturated rings. The van der Waals surface area contributed by atoms with Crippen molar-refractivity contribution in [2.24, 2.45) is 0 Å². The Morgan fingerprint density at radius 3 is 2.14 bits per heavy atom. The van der Waals surface area contributed by atoms with Gasteiger partial charge in [-0.2, -0.15) is 0 Å². The van der Waals surface area contributed by atoms with Crippen molar-refractivity contribution < 1.29 is 22.7 Å². The molecule has 3 aromatic rings. The molecule has 0 saturated carbocycles. The van der Waals surface area contributed by atoms with Crippen molar-refractivity contribution >= 4 is 39.1 Å². The summed E-state index contributed by atoms with van der Waals surface area (Å²) in [5.74, 6) is 0.254. The van der Waals surface area contributed by atoms with E-state index in [-0.39, 0.29) is 12.5 Å². The van der Waals surface area contributed by atoms with Gasteiger partial charge in [-0.15, -0.1) is 0 Å². The second kappa shape index (κ2) is 12.6. The number of carbonyl (C=O) groups is 2. The van der Waals surface area contributed by atoms with Crippen molar-refractivity contribution in [3.8, 4) is 11.5 Å². The summed E-state index contributed by atoms with van der Waals surface area (Å²) in [6.07, 6.45) is 1.03. The van der Waals surface area contributed by atoms with Crippen LogP contribution in [0.25, 0.3) is 0 Å². The fourth-order valence-electron chi connectivity index (χ4n) is 3.63. The zero-order chi connectivity index (χ0) is 27.0. The minimum absolute atomic E-state index is 0.0399. The number of ether oxygens (including phenoxy) is 1. The Balaban J connectivity index is 1.86. The lowest BCUT2D eigenvalue weighted by atomic mass is 10.1. The average molecular weight is 544 g/mol. The molecule has 8 nitrogen and oxygen atoms in total. The van der Waals surface area contributed by atoms with Crippen LogP contribution in [0.2, 0.25) is 5.02 Å². The number of carbonyl (C=O) groups excluding carboxylic acids is 2. The summed E-state index contributed by atoms with van der Waals surface area (Å²) < 4.78 is 32.2. The number of rotatable bonds is 11. The monoisotopic (exact) mass is 543 g/mol. The summed E-state index contributed by atoms with van der Waals surface area (Å²) in [5, 5.41) is 3.15. The third kappa shape index (κ3) is 7.71. The van der Waals surface area contributed by atoms with Gasteiger partial charge in [0.05, 0.1) is 11.9 Å². The summed E-state index contributed by atoms with van der Waals surface area (Å²) in [6, 6.07) is 21.7. The second-order valence-corrected chi connectivity index (χ2v) is 10.7. The predicted molar refractivity (Wildman–Crippen MR) is 145 cm³/mol. The van der Waals surface area contributed by atoms with Crippen molar-refractivity contribution in [3.63, 3.8) is 0 Å². The highest BCUT2D eigenvalue weighted by molar-refractivity contribution is 7.92. The smallest absolute Gasteiger partial charge is 0.244 e. The molecule has 10 heteroatoms. The third-order valence-electron chi connectivity index (χ3n) is 5.60. The molecule has 2 amide bonds. The van der Waals surface area contributed by atoms with Crippen molar-refractivity contribution in [3.05, 3.63) is 89.4 Å². The Labute approximate surface area is 222 Å². The highest BCUT2D eigenvalue weighted by atomic mass is 35.5. The number of sulfonamides is 1. The maximum absolute atomic E-state index is 13.5. The molecule has 1 N–H and O–H groups in total. The topological polar surface area (TPSA) is 96.0 Å². The maximum Gasteiger partial charge on any atom is 0.244 e. The molecule has 196 valence electrons. The third-order valence-corrected chi connectivity index (χ3v) is 7.11. The first-order valence-electron chi connectivity index (χ1n) is 11.7. The van der Waals surface area contributed by atoms with E-state index in [1.807, 2.05) is 18.2 Å². The SMILES string of the molecule is CCNC(=O)[C@@H](C)N(Cc1ccccc1Cl)C(=O)CN(c1ccc(Oc2ccccc2)cc1)S(C)(=O)=O. The number of hydrogen-bond donors (Lipinski definition) is 1. The van der Waals surface area contributed by atoms with Gasteiger partial charge >= 0.3 is 0 Å². The summed E-state index contributed by atoms with van der Waals surface area (Å²) in [7, 11) is -3.84. The van der Waals surface area contributed by atoms with E-state index in [9.17, 15) is 18.0 Å². The number of para-hydroxylation sites is 1. The lowest BCUT2D eigenvalue weighted by Gasteiger charge is -2.31. The van der Waals surface area contributed by atoms with Crippen molar-refractivity contribution in [2.45, 2.75) is 26.4 Å². The van der Waals surface area contributed by atoms with Gasteiger partial charge in [0.2, 0.25) is 21.8 Å². The van der Waals surface area contributed by atoms with Crippen LogP contribution in [-0.2, 0) is 26.2 Å². The van der Waals surface area contributed by atoms with Crippen LogP contribution in [0.5, 0.6) is 11.5 Å². The quantitative estimate of drug-likeness (QED) is 0.385. The van der Waals surface area contributed by atoms with E-state index < -0.39 is 28.5 Å². The first-order valence-corrected chi connectivity index (χ1v) is 13.9. The molecule has 0 saturated heterocycles. The number of hydrogen-bond acceptors (Lipinski definition) is 5. The minimum atomic E-state index is -3.84. The van der Waals surface area contributed by atoms with Crippen LogP contribution in [0, 0.1) is 0 Å². The Bertz CT molecular complexity index is 1320. The van der Waals surface area contributed by atoms with Crippen LogP contribution in [0.1, 0.15) is 19.4 Å². The Morgan fingerprint density at radius 1 is 0.946 bits per heavy atom. The molecule has 0 aromatic heterocycles. The van der Waals surface area contributed by atoms with Gasteiger partial charge in [0.1, 0.15) is 24.1 Å². The second-order valence-electron chi connectivity index (χ2n) is 8.36. The molecule has 1 atom stereocenters. The van der Waals surface area contributed by atoms with Gasteiger partial charge in [-0.3, -0.25) is 13.9 Å². The van der Waals surface area contributed by atoms with Gasteiger partial charge in [-0.1, -0.05) is 48.0 Å². The number of amides is 2. The molecule has 0 aliphatic carbocycles. The lowest BCUT2D eigenvalue weighted by molar-refractivity contribution is -0.139. The van der Waals surface area contributed by atoms with Gasteiger partial charge in [0.15, 0.2) is 0 Å². The summed E-state index contributed by atoms with van der Waals surface area (Å²) >= 11 is 6.31. The number of halogens is 1. The van der Waals surface area contributed by atoms with Crippen LogP contribution < -0.4 is 14.4 Å². The van der Waals surface area contributed by atoms with Gasteiger partial charge in [-0.05, 0) is 61.9 Å². The van der Waals surface area contributed by atoms with E-state index in [1.165, 1.54) is 4.90 Å². The highest BCUT2D eigenvalue weighted by Gasteiger charge is 2.30. The number of likely N-dealkylation sites (N-methyl/N-ethyl adjacent to an activating group) is 1. The summed E-state index contributed by atoms with van der Waals surface area (Å²) in [4.78, 5) is 27.5. The number of benzene rings is 3. The molecule has 0 aliphatic rings. The molecule has 3 aromatic carbocycles. The van der Waals surface area contributed by atoms with Crippen LogP contribution in [0.3, 0.4) is 0 Å². The molecule has 0 unspecified atom stereocenters. The van der Waals surface area contributed by atoms with E-state index in [1.54, 1.807) is 74.5 Å². The number of nitrogens with zero attached hydrogens (tertiary/aromatic N) is 2. The highest BCUT2D eigenvalue weighted by Crippen LogP contribution is 2.26. The van der Waals surface area contributed by atoms with Gasteiger partial charge in [-0.25, -0.2) is 8.42 Å². The predicted octanol–water partition coefficient (Wildman–Crippen LogP) is 4.45. The molecule has 0 radical (unpaired) electrons. The van der Waals surface area contributed by atoms with Crippen molar-refractivity contribution in [1.29, 1.82) is 0 Å². The summed E-state index contributed by atoms with van der Waals surface area (Å²) in [5.41, 5.74) is 0.932. The van der Waals surface area contributed by atoms with Gasteiger partial charge < -0.3 is 15.0 Å². The fraction of sp³-hybridized carbons (Fsp3) is 0.259. The zero-order valence-electron chi connectivity index (χ0n) is 20.9. The van der Waals surface area contributed by atoms with Crippen molar-refractivity contribution in [2.75, 3.05) is 23.7 Å². The summed E-state index contributed by atoms with van der Waals surface area (Å²) in [6.45, 7) is 3.32. The normalized spacial score (nSPS) is 11.9. The Kier molecular flexibility index (Phi) is 9.54. The van der Waals surface area contributed by atoms with Crippen LogP contribution in [0.15, 0.2) is 78.9 Å². The molecule has 0 spiro atoms. The number of anilines is 1. The largest absolute Gasteiger partial charge is 0.457 e. The van der Waals surface area contributed by atoms with E-state index in [2.05, 4.69) is 5.32 Å².